The number of fused-ring (bicyclic) bond motifs is 1. The molecule has 3 heterocycles. The van der Waals surface area contributed by atoms with Crippen LogP contribution in [-0.2, 0) is 22.5 Å². The molecule has 0 radical (unpaired) electrons. The monoisotopic (exact) mass is 421 g/mol. The number of carbonyl (C=O) groups is 2. The van der Waals surface area contributed by atoms with Gasteiger partial charge in [0, 0.05) is 22.4 Å². The summed E-state index contributed by atoms with van der Waals surface area (Å²) in [7, 11) is 0. The topological polar surface area (TPSA) is 82.4 Å². The van der Waals surface area contributed by atoms with Gasteiger partial charge in [-0.15, -0.1) is 22.7 Å². The molecule has 0 unspecified atom stereocenters. The highest BCUT2D eigenvalue weighted by atomic mass is 35.5. The summed E-state index contributed by atoms with van der Waals surface area (Å²) in [6, 6.07) is 5.77. The molecule has 140 valence electrons. The van der Waals surface area contributed by atoms with Crippen LogP contribution < -0.4 is 5.32 Å². The van der Waals surface area contributed by atoms with E-state index in [9.17, 15) is 14.9 Å². The number of amides is 2. The molecule has 0 aromatic carbocycles. The van der Waals surface area contributed by atoms with Crippen LogP contribution in [0.5, 0.6) is 0 Å². The molecule has 0 spiro atoms. The number of nitrogens with zero attached hydrogens (tertiary/aromatic N) is 2. The van der Waals surface area contributed by atoms with E-state index in [1.165, 1.54) is 28.7 Å². The van der Waals surface area contributed by atoms with Crippen LogP contribution in [0, 0.1) is 11.3 Å². The molecular formula is C18H16ClN3O3S2. The lowest BCUT2D eigenvalue weighted by molar-refractivity contribution is -0.111. The molecule has 27 heavy (non-hydrogen) atoms. The number of nitrogens with one attached hydrogen (secondary N) is 1. The van der Waals surface area contributed by atoms with Crippen LogP contribution in [0.3, 0.4) is 0 Å². The van der Waals surface area contributed by atoms with Crippen molar-refractivity contribution in [3.8, 4) is 6.07 Å². The fourth-order valence-electron chi connectivity index (χ4n) is 2.71. The molecule has 0 atom stereocenters. The molecule has 2 aromatic heterocycles. The molecule has 2 amide bonds. The van der Waals surface area contributed by atoms with E-state index in [0.717, 1.165) is 15.3 Å². The highest BCUT2D eigenvalue weighted by Gasteiger charge is 2.27. The number of rotatable bonds is 4. The lowest BCUT2D eigenvalue weighted by Gasteiger charge is -2.25. The van der Waals surface area contributed by atoms with Crippen LogP contribution in [-0.4, -0.2) is 30.1 Å². The molecular weight excluding hydrogens is 406 g/mol. The van der Waals surface area contributed by atoms with Crippen molar-refractivity contribution in [1.29, 1.82) is 5.26 Å². The highest BCUT2D eigenvalue weighted by Crippen LogP contribution is 2.36. The molecule has 0 saturated carbocycles. The molecule has 1 N–H and O–H groups in total. The van der Waals surface area contributed by atoms with Crippen molar-refractivity contribution >= 4 is 57.4 Å². The summed E-state index contributed by atoms with van der Waals surface area (Å²) in [5, 5.41) is 12.8. The van der Waals surface area contributed by atoms with Crippen LogP contribution in [0.4, 0.5) is 9.80 Å². The molecule has 6 nitrogen and oxygen atoms in total. The normalized spacial score (nSPS) is 13.3. The molecule has 0 saturated heterocycles. The summed E-state index contributed by atoms with van der Waals surface area (Å²) >= 11 is 8.57. The first-order chi connectivity index (χ1) is 13.0. The largest absolute Gasteiger partial charge is 0.450 e. The predicted octanol–water partition coefficient (Wildman–Crippen LogP) is 4.50. The van der Waals surface area contributed by atoms with Crippen LogP contribution in [0.25, 0.3) is 6.08 Å². The Bertz CT molecular complexity index is 942. The van der Waals surface area contributed by atoms with Gasteiger partial charge < -0.3 is 15.0 Å². The second-order valence-electron chi connectivity index (χ2n) is 5.65. The predicted molar refractivity (Wildman–Crippen MR) is 107 cm³/mol. The second-order valence-corrected chi connectivity index (χ2v) is 8.51. The van der Waals surface area contributed by atoms with E-state index in [0.29, 0.717) is 41.0 Å². The summed E-state index contributed by atoms with van der Waals surface area (Å²) < 4.78 is 5.69. The highest BCUT2D eigenvalue weighted by molar-refractivity contribution is 7.17. The molecule has 1 aliphatic heterocycles. The number of anilines is 1. The van der Waals surface area contributed by atoms with Gasteiger partial charge in [0.1, 0.15) is 11.1 Å². The summed E-state index contributed by atoms with van der Waals surface area (Å²) in [6.07, 6.45) is 3.28. The zero-order valence-electron chi connectivity index (χ0n) is 14.5. The van der Waals surface area contributed by atoms with Gasteiger partial charge in [-0.1, -0.05) is 11.6 Å². The maximum absolute atomic E-state index is 12.2. The van der Waals surface area contributed by atoms with E-state index in [-0.39, 0.29) is 12.0 Å². The first kappa shape index (κ1) is 19.4. The number of ether oxygens (including phenoxy) is 1. The summed E-state index contributed by atoms with van der Waals surface area (Å²) in [5.74, 6) is -0.322. The zero-order valence-corrected chi connectivity index (χ0v) is 16.8. The van der Waals surface area contributed by atoms with Gasteiger partial charge in [0.15, 0.2) is 0 Å². The van der Waals surface area contributed by atoms with Gasteiger partial charge in [0.25, 0.3) is 0 Å². The van der Waals surface area contributed by atoms with Gasteiger partial charge in [0.05, 0.1) is 23.1 Å². The van der Waals surface area contributed by atoms with Crippen molar-refractivity contribution in [3.05, 3.63) is 43.4 Å². The third-order valence-electron chi connectivity index (χ3n) is 3.92. The summed E-state index contributed by atoms with van der Waals surface area (Å²) in [4.78, 5) is 27.5. The van der Waals surface area contributed by atoms with Gasteiger partial charge >= 0.3 is 6.09 Å². The number of nitriles is 1. The van der Waals surface area contributed by atoms with Crippen molar-refractivity contribution in [2.24, 2.45) is 0 Å². The Morgan fingerprint density at radius 1 is 1.44 bits per heavy atom. The van der Waals surface area contributed by atoms with Crippen LogP contribution in [0.15, 0.2) is 18.2 Å². The molecule has 0 fully saturated rings. The Labute approximate surface area is 169 Å². The van der Waals surface area contributed by atoms with Crippen molar-refractivity contribution in [3.63, 3.8) is 0 Å². The number of halogens is 1. The molecule has 0 bridgehead atoms. The SMILES string of the molecule is CCOC(=O)N1CCc2c(sc(NC(=O)/C=C/c3ccc(Cl)s3)c2C#N)C1. The average molecular weight is 422 g/mol. The maximum Gasteiger partial charge on any atom is 0.410 e. The molecule has 0 aliphatic carbocycles. The number of carbonyl (C=O) groups excluding carboxylic acids is 2. The third-order valence-corrected chi connectivity index (χ3v) is 6.25. The Balaban J connectivity index is 1.73. The number of hydrogen-bond acceptors (Lipinski definition) is 6. The Kier molecular flexibility index (Phi) is 6.16. The van der Waals surface area contributed by atoms with Gasteiger partial charge in [-0.3, -0.25) is 4.79 Å². The summed E-state index contributed by atoms with van der Waals surface area (Å²) in [5.41, 5.74) is 1.37. The average Bonchev–Trinajstić information content (AvgIpc) is 3.22. The molecule has 2 aromatic rings. The van der Waals surface area contributed by atoms with E-state index < -0.39 is 0 Å². The minimum absolute atomic E-state index is 0.319. The van der Waals surface area contributed by atoms with Crippen LogP contribution >= 0.6 is 34.3 Å². The summed E-state index contributed by atoms with van der Waals surface area (Å²) in [6.45, 7) is 2.95. The number of thiophene rings is 2. The van der Waals surface area contributed by atoms with E-state index >= 15 is 0 Å². The lowest BCUT2D eigenvalue weighted by Crippen LogP contribution is -2.35. The molecule has 3 rings (SSSR count). The maximum atomic E-state index is 12.2. The fraction of sp³-hybridized carbons (Fsp3) is 0.278. The first-order valence-electron chi connectivity index (χ1n) is 8.22. The fourth-order valence-corrected chi connectivity index (χ4v) is 4.89. The van der Waals surface area contributed by atoms with E-state index in [1.807, 2.05) is 6.07 Å². The quantitative estimate of drug-likeness (QED) is 0.736. The van der Waals surface area contributed by atoms with E-state index in [2.05, 4.69) is 11.4 Å². The van der Waals surface area contributed by atoms with Gasteiger partial charge in [-0.05, 0) is 37.1 Å². The molecule has 9 heteroatoms. The van der Waals surface area contributed by atoms with E-state index in [1.54, 1.807) is 24.0 Å². The minimum Gasteiger partial charge on any atom is -0.450 e. The standard InChI is InChI=1S/C18H16ClN3O3S2/c1-2-25-18(24)22-8-7-12-13(9-20)17(27-14(12)10-22)21-16(23)6-4-11-3-5-15(19)26-11/h3-6H,2,7-8,10H2,1H3,(H,21,23)/b6-4+. The molecule has 1 aliphatic rings. The Morgan fingerprint density at radius 2 is 2.26 bits per heavy atom. The Hall–Kier alpha value is -2.34. The lowest BCUT2D eigenvalue weighted by atomic mass is 10.0. The zero-order chi connectivity index (χ0) is 19.4. The van der Waals surface area contributed by atoms with Crippen molar-refractivity contribution in [2.75, 3.05) is 18.5 Å². The minimum atomic E-state index is -0.363. The Morgan fingerprint density at radius 3 is 2.93 bits per heavy atom. The number of hydrogen-bond donors (Lipinski definition) is 1. The third kappa shape index (κ3) is 4.50. The smallest absolute Gasteiger partial charge is 0.410 e. The van der Waals surface area contributed by atoms with Gasteiger partial charge in [0.2, 0.25) is 5.91 Å². The second kappa shape index (κ2) is 8.57. The van der Waals surface area contributed by atoms with Crippen molar-refractivity contribution < 1.29 is 14.3 Å². The van der Waals surface area contributed by atoms with Gasteiger partial charge in [-0.2, -0.15) is 5.26 Å². The van der Waals surface area contributed by atoms with Crippen LogP contribution in [0.2, 0.25) is 4.34 Å². The van der Waals surface area contributed by atoms with Gasteiger partial charge in [-0.25, -0.2) is 4.79 Å². The first-order valence-corrected chi connectivity index (χ1v) is 10.2. The van der Waals surface area contributed by atoms with E-state index in [4.69, 9.17) is 16.3 Å². The van der Waals surface area contributed by atoms with Crippen molar-refractivity contribution in [1.82, 2.24) is 4.90 Å². The van der Waals surface area contributed by atoms with Crippen LogP contribution in [0.1, 0.15) is 27.8 Å². The van der Waals surface area contributed by atoms with Crippen molar-refractivity contribution in [2.45, 2.75) is 19.9 Å².